The summed E-state index contributed by atoms with van der Waals surface area (Å²) in [6, 6.07) is 14.1. The highest BCUT2D eigenvalue weighted by Crippen LogP contribution is 2.15. The SMILES string of the molecule is NC(N)=NCCCNC(=O)[C@H](CCCN=C(N)N)NCc1ccc2ccccc2c1. The minimum Gasteiger partial charge on any atom is -0.370 e. The van der Waals surface area contributed by atoms with E-state index in [0.717, 1.165) is 5.56 Å². The van der Waals surface area contributed by atoms with Crippen LogP contribution >= 0.6 is 0 Å². The molecule has 9 heteroatoms. The summed E-state index contributed by atoms with van der Waals surface area (Å²) >= 11 is 0. The molecule has 0 aliphatic rings. The zero-order chi connectivity index (χ0) is 21.8. The molecule has 0 unspecified atom stereocenters. The number of guanidine groups is 2. The quantitative estimate of drug-likeness (QED) is 0.164. The lowest BCUT2D eigenvalue weighted by molar-refractivity contribution is -0.123. The van der Waals surface area contributed by atoms with E-state index in [1.54, 1.807) is 0 Å². The molecule has 0 spiro atoms. The molecule has 2 aromatic rings. The first-order valence-corrected chi connectivity index (χ1v) is 10.1. The second kappa shape index (κ2) is 12.3. The van der Waals surface area contributed by atoms with Gasteiger partial charge < -0.3 is 33.6 Å². The number of hydrogen-bond donors (Lipinski definition) is 6. The fourth-order valence-corrected chi connectivity index (χ4v) is 3.04. The number of nitrogens with one attached hydrogen (secondary N) is 2. The Morgan fingerprint density at radius 1 is 0.900 bits per heavy atom. The van der Waals surface area contributed by atoms with Gasteiger partial charge in [0.15, 0.2) is 11.9 Å². The van der Waals surface area contributed by atoms with Crippen LogP contribution in [0.4, 0.5) is 0 Å². The normalized spacial score (nSPS) is 11.6. The maximum Gasteiger partial charge on any atom is 0.237 e. The zero-order valence-corrected chi connectivity index (χ0v) is 17.2. The highest BCUT2D eigenvalue weighted by molar-refractivity contribution is 5.83. The number of rotatable bonds is 12. The monoisotopic (exact) mass is 412 g/mol. The maximum absolute atomic E-state index is 12.7. The van der Waals surface area contributed by atoms with E-state index in [4.69, 9.17) is 22.9 Å². The second-order valence-electron chi connectivity index (χ2n) is 7.01. The number of carbonyl (C=O) groups excluding carboxylic acids is 1. The van der Waals surface area contributed by atoms with Crippen LogP contribution in [0.3, 0.4) is 0 Å². The van der Waals surface area contributed by atoms with E-state index in [1.165, 1.54) is 10.8 Å². The minimum atomic E-state index is -0.353. The molecule has 30 heavy (non-hydrogen) atoms. The summed E-state index contributed by atoms with van der Waals surface area (Å²) in [7, 11) is 0. The van der Waals surface area contributed by atoms with Crippen LogP contribution in [0.15, 0.2) is 52.4 Å². The molecule has 9 nitrogen and oxygen atoms in total. The summed E-state index contributed by atoms with van der Waals surface area (Å²) in [5.74, 6) is 0.0426. The largest absolute Gasteiger partial charge is 0.370 e. The molecule has 0 bridgehead atoms. The molecule has 0 aliphatic heterocycles. The summed E-state index contributed by atoms with van der Waals surface area (Å²) < 4.78 is 0. The lowest BCUT2D eigenvalue weighted by Crippen LogP contribution is -2.44. The molecule has 0 heterocycles. The van der Waals surface area contributed by atoms with Crippen molar-refractivity contribution in [1.82, 2.24) is 10.6 Å². The fraction of sp³-hybridized carbons (Fsp3) is 0.381. The fourth-order valence-electron chi connectivity index (χ4n) is 3.04. The van der Waals surface area contributed by atoms with Crippen molar-refractivity contribution in [3.8, 4) is 0 Å². The third kappa shape index (κ3) is 8.36. The molecule has 1 atom stereocenters. The van der Waals surface area contributed by atoms with Crippen LogP contribution in [0.25, 0.3) is 10.8 Å². The number of aliphatic imine (C=N–C) groups is 2. The highest BCUT2D eigenvalue weighted by atomic mass is 16.2. The zero-order valence-electron chi connectivity index (χ0n) is 17.2. The van der Waals surface area contributed by atoms with Gasteiger partial charge in [-0.25, -0.2) is 0 Å². The van der Waals surface area contributed by atoms with Gasteiger partial charge in [-0.15, -0.1) is 0 Å². The molecule has 2 aromatic carbocycles. The van der Waals surface area contributed by atoms with Crippen molar-refractivity contribution in [2.24, 2.45) is 32.9 Å². The number of nitrogens with two attached hydrogens (primary N) is 4. The number of hydrogen-bond acceptors (Lipinski definition) is 4. The Bertz CT molecular complexity index is 872. The van der Waals surface area contributed by atoms with Gasteiger partial charge in [0, 0.05) is 26.2 Å². The Kier molecular flexibility index (Phi) is 9.39. The smallest absolute Gasteiger partial charge is 0.237 e. The summed E-state index contributed by atoms with van der Waals surface area (Å²) in [5.41, 5.74) is 22.5. The molecular weight excluding hydrogens is 380 g/mol. The van der Waals surface area contributed by atoms with Crippen molar-refractivity contribution in [3.05, 3.63) is 48.0 Å². The van der Waals surface area contributed by atoms with Gasteiger partial charge >= 0.3 is 0 Å². The molecule has 1 amide bonds. The predicted molar refractivity (Wildman–Crippen MR) is 123 cm³/mol. The first-order chi connectivity index (χ1) is 14.5. The number of fused-ring (bicyclic) bond motifs is 1. The van der Waals surface area contributed by atoms with E-state index in [9.17, 15) is 4.79 Å². The molecule has 0 radical (unpaired) electrons. The van der Waals surface area contributed by atoms with E-state index < -0.39 is 0 Å². The standard InChI is InChI=1S/C21H32N8O/c22-20(23)27-10-3-7-18(19(30)26-11-4-12-28-21(24)25)29-14-15-8-9-16-5-1-2-6-17(16)13-15/h1-2,5-6,8-9,13,18,29H,3-4,7,10-12,14H2,(H,26,30)(H4,22,23,27)(H4,24,25,28)/t18-/m0/s1. The van der Waals surface area contributed by atoms with Crippen LogP contribution in [-0.2, 0) is 11.3 Å². The minimum absolute atomic E-state index is 0.0518. The van der Waals surface area contributed by atoms with Gasteiger partial charge in [-0.05, 0) is 41.7 Å². The van der Waals surface area contributed by atoms with E-state index >= 15 is 0 Å². The first kappa shape index (κ1) is 23.0. The molecule has 0 saturated carbocycles. The van der Waals surface area contributed by atoms with Gasteiger partial charge in [0.2, 0.25) is 5.91 Å². The van der Waals surface area contributed by atoms with Crippen molar-refractivity contribution in [3.63, 3.8) is 0 Å². The lowest BCUT2D eigenvalue weighted by atomic mass is 10.1. The van der Waals surface area contributed by atoms with E-state index in [0.29, 0.717) is 45.4 Å². The average molecular weight is 413 g/mol. The van der Waals surface area contributed by atoms with E-state index in [1.807, 2.05) is 12.1 Å². The number of nitrogens with zero attached hydrogens (tertiary/aromatic N) is 2. The van der Waals surface area contributed by atoms with Crippen LogP contribution in [0.5, 0.6) is 0 Å². The number of carbonyl (C=O) groups is 1. The Balaban J connectivity index is 1.92. The third-order valence-corrected chi connectivity index (χ3v) is 4.56. The van der Waals surface area contributed by atoms with Gasteiger partial charge in [-0.2, -0.15) is 0 Å². The van der Waals surface area contributed by atoms with Gasteiger partial charge in [-0.3, -0.25) is 14.8 Å². The summed E-state index contributed by atoms with van der Waals surface area (Å²) in [4.78, 5) is 20.6. The van der Waals surface area contributed by atoms with E-state index in [2.05, 4.69) is 51.0 Å². The maximum atomic E-state index is 12.7. The summed E-state index contributed by atoms with van der Waals surface area (Å²) in [6.45, 7) is 2.04. The number of benzene rings is 2. The summed E-state index contributed by atoms with van der Waals surface area (Å²) in [5, 5.41) is 8.65. The van der Waals surface area contributed by atoms with Crippen LogP contribution in [-0.4, -0.2) is 43.5 Å². The molecule has 10 N–H and O–H groups in total. The topological polar surface area (TPSA) is 170 Å². The molecule has 0 aromatic heterocycles. The average Bonchev–Trinajstić information content (AvgIpc) is 2.72. The molecular formula is C21H32N8O. The van der Waals surface area contributed by atoms with Crippen molar-refractivity contribution < 1.29 is 4.79 Å². The Hall–Kier alpha value is -3.33. The van der Waals surface area contributed by atoms with Crippen LogP contribution in [0, 0.1) is 0 Å². The predicted octanol–water partition coefficient (Wildman–Crippen LogP) is 0.131. The number of amides is 1. The van der Waals surface area contributed by atoms with Crippen LogP contribution < -0.4 is 33.6 Å². The van der Waals surface area contributed by atoms with Crippen molar-refractivity contribution in [2.45, 2.75) is 31.8 Å². The van der Waals surface area contributed by atoms with Crippen molar-refractivity contribution in [1.29, 1.82) is 0 Å². The van der Waals surface area contributed by atoms with Crippen LogP contribution in [0.2, 0.25) is 0 Å². The second-order valence-corrected chi connectivity index (χ2v) is 7.01. The van der Waals surface area contributed by atoms with Crippen molar-refractivity contribution >= 4 is 28.6 Å². The first-order valence-electron chi connectivity index (χ1n) is 10.1. The lowest BCUT2D eigenvalue weighted by Gasteiger charge is -2.18. The van der Waals surface area contributed by atoms with Gasteiger partial charge in [0.05, 0.1) is 6.04 Å². The molecule has 0 aliphatic carbocycles. The molecule has 2 rings (SSSR count). The van der Waals surface area contributed by atoms with Gasteiger partial charge in [0.25, 0.3) is 0 Å². The summed E-state index contributed by atoms with van der Waals surface area (Å²) in [6.07, 6.45) is 1.97. The van der Waals surface area contributed by atoms with Crippen LogP contribution in [0.1, 0.15) is 24.8 Å². The van der Waals surface area contributed by atoms with Gasteiger partial charge in [-0.1, -0.05) is 36.4 Å². The molecule has 162 valence electrons. The third-order valence-electron chi connectivity index (χ3n) is 4.56. The molecule has 0 saturated heterocycles. The van der Waals surface area contributed by atoms with Gasteiger partial charge in [0.1, 0.15) is 0 Å². The Morgan fingerprint density at radius 3 is 2.27 bits per heavy atom. The highest BCUT2D eigenvalue weighted by Gasteiger charge is 2.17. The Morgan fingerprint density at radius 2 is 1.57 bits per heavy atom. The Labute approximate surface area is 177 Å². The van der Waals surface area contributed by atoms with E-state index in [-0.39, 0.29) is 23.9 Å². The van der Waals surface area contributed by atoms with Crippen molar-refractivity contribution in [2.75, 3.05) is 19.6 Å². The molecule has 0 fully saturated rings.